The number of hydrogen-bond acceptors (Lipinski definition) is 5. The zero-order valence-electron chi connectivity index (χ0n) is 7.57. The molecule has 0 aromatic carbocycles. The van der Waals surface area contributed by atoms with Gasteiger partial charge in [0.25, 0.3) is 0 Å². The van der Waals surface area contributed by atoms with Gasteiger partial charge in [0.15, 0.2) is 10.9 Å². The summed E-state index contributed by atoms with van der Waals surface area (Å²) >= 11 is 1.45. The van der Waals surface area contributed by atoms with Crippen LogP contribution in [0.1, 0.15) is 16.1 Å². The van der Waals surface area contributed by atoms with Gasteiger partial charge in [0.2, 0.25) is 0 Å². The molecule has 0 unspecified atom stereocenters. The maximum absolute atomic E-state index is 11.2. The molecule has 0 aliphatic rings. The standard InChI is InChI=1S/C8H11N3OS/c1-5-6(7(12)3-9)4-10-8(11-5)13-2/h4H,3,9H2,1-2H3. The molecule has 70 valence electrons. The van der Waals surface area contributed by atoms with Gasteiger partial charge in [-0.2, -0.15) is 0 Å². The number of nitrogens with zero attached hydrogens (tertiary/aromatic N) is 2. The molecule has 0 bridgehead atoms. The Morgan fingerprint density at radius 1 is 1.69 bits per heavy atom. The van der Waals surface area contributed by atoms with Gasteiger partial charge in [0.05, 0.1) is 17.8 Å². The first-order chi connectivity index (χ1) is 6.19. The second-order valence-electron chi connectivity index (χ2n) is 2.48. The monoisotopic (exact) mass is 197 g/mol. The van der Waals surface area contributed by atoms with E-state index in [1.54, 1.807) is 6.92 Å². The molecule has 0 spiro atoms. The first-order valence-electron chi connectivity index (χ1n) is 3.80. The van der Waals surface area contributed by atoms with Gasteiger partial charge >= 0.3 is 0 Å². The van der Waals surface area contributed by atoms with Crippen LogP contribution in [0.4, 0.5) is 0 Å². The van der Waals surface area contributed by atoms with Crippen LogP contribution in [0.15, 0.2) is 11.4 Å². The van der Waals surface area contributed by atoms with E-state index in [4.69, 9.17) is 5.73 Å². The Morgan fingerprint density at radius 2 is 2.38 bits per heavy atom. The predicted molar refractivity (Wildman–Crippen MR) is 51.9 cm³/mol. The second kappa shape index (κ2) is 4.34. The highest BCUT2D eigenvalue weighted by Crippen LogP contribution is 2.11. The first-order valence-corrected chi connectivity index (χ1v) is 5.02. The van der Waals surface area contributed by atoms with Crippen LogP contribution < -0.4 is 5.73 Å². The molecule has 0 aliphatic heterocycles. The Hall–Kier alpha value is -0.940. The molecule has 1 aromatic rings. The highest BCUT2D eigenvalue weighted by molar-refractivity contribution is 7.98. The Morgan fingerprint density at radius 3 is 2.85 bits per heavy atom. The smallest absolute Gasteiger partial charge is 0.187 e. The van der Waals surface area contributed by atoms with Gasteiger partial charge in [-0.3, -0.25) is 4.79 Å². The van der Waals surface area contributed by atoms with Gasteiger partial charge in [-0.1, -0.05) is 11.8 Å². The van der Waals surface area contributed by atoms with Crippen LogP contribution in [0.2, 0.25) is 0 Å². The summed E-state index contributed by atoms with van der Waals surface area (Å²) in [5.74, 6) is -0.120. The van der Waals surface area contributed by atoms with E-state index in [1.165, 1.54) is 18.0 Å². The number of ketones is 1. The molecule has 0 fully saturated rings. The lowest BCUT2D eigenvalue weighted by Gasteiger charge is -2.02. The Bertz CT molecular complexity index is 327. The van der Waals surface area contributed by atoms with E-state index in [1.807, 2.05) is 6.26 Å². The third kappa shape index (κ3) is 2.26. The van der Waals surface area contributed by atoms with Crippen LogP contribution in [0.3, 0.4) is 0 Å². The molecule has 0 saturated carbocycles. The highest BCUT2D eigenvalue weighted by atomic mass is 32.2. The fourth-order valence-electron chi connectivity index (χ4n) is 0.928. The average molecular weight is 197 g/mol. The zero-order valence-corrected chi connectivity index (χ0v) is 8.39. The lowest BCUT2D eigenvalue weighted by Crippen LogP contribution is -2.15. The van der Waals surface area contributed by atoms with Crippen molar-refractivity contribution in [3.8, 4) is 0 Å². The second-order valence-corrected chi connectivity index (χ2v) is 3.26. The van der Waals surface area contributed by atoms with Gasteiger partial charge < -0.3 is 5.73 Å². The fraction of sp³-hybridized carbons (Fsp3) is 0.375. The average Bonchev–Trinajstić information content (AvgIpc) is 2.16. The summed E-state index contributed by atoms with van der Waals surface area (Å²) < 4.78 is 0. The number of nitrogens with two attached hydrogens (primary N) is 1. The van der Waals surface area contributed by atoms with Crippen molar-refractivity contribution in [3.05, 3.63) is 17.5 Å². The molecule has 5 heteroatoms. The molecule has 0 amide bonds. The van der Waals surface area contributed by atoms with Crippen LogP contribution in [-0.4, -0.2) is 28.6 Å². The van der Waals surface area contributed by atoms with E-state index < -0.39 is 0 Å². The van der Waals surface area contributed by atoms with Crippen LogP contribution >= 0.6 is 11.8 Å². The lowest BCUT2D eigenvalue weighted by atomic mass is 10.1. The van der Waals surface area contributed by atoms with E-state index in [0.29, 0.717) is 16.4 Å². The number of hydrogen-bond donors (Lipinski definition) is 1. The molecular formula is C8H11N3OS. The van der Waals surface area contributed by atoms with Gasteiger partial charge in [-0.25, -0.2) is 9.97 Å². The molecule has 1 rings (SSSR count). The van der Waals surface area contributed by atoms with Crippen molar-refractivity contribution >= 4 is 17.5 Å². The quantitative estimate of drug-likeness (QED) is 0.437. The van der Waals surface area contributed by atoms with Crippen molar-refractivity contribution in [2.24, 2.45) is 5.73 Å². The topological polar surface area (TPSA) is 68.9 Å². The first kappa shape index (κ1) is 10.1. The van der Waals surface area contributed by atoms with Gasteiger partial charge in [0, 0.05) is 6.20 Å². The Labute approximate surface area is 81.0 Å². The van der Waals surface area contributed by atoms with E-state index >= 15 is 0 Å². The van der Waals surface area contributed by atoms with Crippen molar-refractivity contribution < 1.29 is 4.79 Å². The largest absolute Gasteiger partial charge is 0.324 e. The summed E-state index contributed by atoms with van der Waals surface area (Å²) in [6.45, 7) is 1.78. The summed E-state index contributed by atoms with van der Waals surface area (Å²) in [7, 11) is 0. The van der Waals surface area contributed by atoms with E-state index in [-0.39, 0.29) is 12.3 Å². The number of aromatic nitrogens is 2. The summed E-state index contributed by atoms with van der Waals surface area (Å²) in [5, 5.41) is 0.672. The van der Waals surface area contributed by atoms with E-state index in [0.717, 1.165) is 0 Å². The number of thioether (sulfide) groups is 1. The van der Waals surface area contributed by atoms with Crippen LogP contribution in [-0.2, 0) is 0 Å². The lowest BCUT2D eigenvalue weighted by molar-refractivity contribution is 0.1000. The molecule has 13 heavy (non-hydrogen) atoms. The van der Waals surface area contributed by atoms with E-state index in [2.05, 4.69) is 9.97 Å². The molecule has 0 radical (unpaired) electrons. The maximum Gasteiger partial charge on any atom is 0.187 e. The predicted octanol–water partition coefficient (Wildman–Crippen LogP) is 0.648. The van der Waals surface area contributed by atoms with Crippen molar-refractivity contribution in [1.82, 2.24) is 9.97 Å². The highest BCUT2D eigenvalue weighted by Gasteiger charge is 2.09. The molecule has 1 heterocycles. The minimum Gasteiger partial charge on any atom is -0.324 e. The molecule has 4 nitrogen and oxygen atoms in total. The van der Waals surface area contributed by atoms with E-state index in [9.17, 15) is 4.79 Å². The Balaban J connectivity index is 3.05. The number of carbonyl (C=O) groups excluding carboxylic acids is 1. The molecule has 1 aromatic heterocycles. The van der Waals surface area contributed by atoms with Crippen LogP contribution in [0.5, 0.6) is 0 Å². The summed E-state index contributed by atoms with van der Waals surface area (Å²) in [4.78, 5) is 19.4. The van der Waals surface area contributed by atoms with Crippen molar-refractivity contribution in [3.63, 3.8) is 0 Å². The normalized spacial score (nSPS) is 10.1. The minimum atomic E-state index is -0.120. The van der Waals surface area contributed by atoms with Gasteiger partial charge in [-0.05, 0) is 13.2 Å². The Kier molecular flexibility index (Phi) is 3.39. The number of Topliss-reactive ketones (excluding diaryl/α,β-unsaturated/α-hetero) is 1. The maximum atomic E-state index is 11.2. The molecule has 0 saturated heterocycles. The van der Waals surface area contributed by atoms with Gasteiger partial charge in [-0.15, -0.1) is 0 Å². The molecule has 2 N–H and O–H groups in total. The van der Waals surface area contributed by atoms with Crippen LogP contribution in [0.25, 0.3) is 0 Å². The SMILES string of the molecule is CSc1ncc(C(=O)CN)c(C)n1. The summed E-state index contributed by atoms with van der Waals surface area (Å²) in [6.07, 6.45) is 3.42. The number of aryl methyl sites for hydroxylation is 1. The van der Waals surface area contributed by atoms with Crippen molar-refractivity contribution in [2.45, 2.75) is 12.1 Å². The van der Waals surface area contributed by atoms with Crippen molar-refractivity contribution in [1.29, 1.82) is 0 Å². The third-order valence-corrected chi connectivity index (χ3v) is 2.19. The molecule has 0 atom stereocenters. The number of carbonyl (C=O) groups is 1. The van der Waals surface area contributed by atoms with Gasteiger partial charge in [0.1, 0.15) is 0 Å². The summed E-state index contributed by atoms with van der Waals surface area (Å²) in [5.41, 5.74) is 6.44. The third-order valence-electron chi connectivity index (χ3n) is 1.63. The van der Waals surface area contributed by atoms with Crippen LogP contribution in [0, 0.1) is 6.92 Å². The fourth-order valence-corrected chi connectivity index (χ4v) is 1.31. The zero-order chi connectivity index (χ0) is 9.84. The molecular weight excluding hydrogens is 186 g/mol. The molecule has 0 aliphatic carbocycles. The van der Waals surface area contributed by atoms with Crippen molar-refractivity contribution in [2.75, 3.05) is 12.8 Å². The minimum absolute atomic E-state index is 0.00279. The number of rotatable bonds is 3. The summed E-state index contributed by atoms with van der Waals surface area (Å²) in [6, 6.07) is 0.